The Kier molecular flexibility index (Phi) is 6.06. The van der Waals surface area contributed by atoms with Gasteiger partial charge in [-0.1, -0.05) is 18.2 Å². The van der Waals surface area contributed by atoms with Gasteiger partial charge < -0.3 is 20.1 Å². The van der Waals surface area contributed by atoms with E-state index in [0.29, 0.717) is 29.4 Å². The quantitative estimate of drug-likeness (QED) is 0.653. The fraction of sp³-hybridized carbons (Fsp3) is 0.190. The third-order valence-corrected chi connectivity index (χ3v) is 4.20. The molecule has 0 fully saturated rings. The number of rotatable bonds is 7. The van der Waals surface area contributed by atoms with Crippen LogP contribution in [0, 0.1) is 6.92 Å². The first kappa shape index (κ1) is 19.2. The Morgan fingerprint density at radius 1 is 1.04 bits per heavy atom. The monoisotopic (exact) mass is 378 g/mol. The maximum absolute atomic E-state index is 12.5. The first-order valence-electron chi connectivity index (χ1n) is 8.75. The Morgan fingerprint density at radius 2 is 1.79 bits per heavy atom. The number of hydrogen-bond donors (Lipinski definition) is 2. The molecule has 0 aliphatic carbocycles. The number of aromatic nitrogens is 2. The summed E-state index contributed by atoms with van der Waals surface area (Å²) in [5.74, 6) is 1.70. The van der Waals surface area contributed by atoms with Crippen molar-refractivity contribution < 1.29 is 14.3 Å². The van der Waals surface area contributed by atoms with Crippen LogP contribution in [0.4, 0.5) is 11.6 Å². The van der Waals surface area contributed by atoms with Crippen LogP contribution < -0.4 is 20.1 Å². The zero-order chi connectivity index (χ0) is 19.9. The smallest absolute Gasteiger partial charge is 0.259 e. The summed E-state index contributed by atoms with van der Waals surface area (Å²) in [6.45, 7) is 2.29. The molecule has 0 saturated heterocycles. The number of nitrogens with one attached hydrogen (secondary N) is 2. The van der Waals surface area contributed by atoms with E-state index in [1.54, 1.807) is 45.4 Å². The summed E-state index contributed by atoms with van der Waals surface area (Å²) >= 11 is 0. The molecular formula is C21H22N4O3. The SMILES string of the molecule is COc1ccc(NC(=O)c2cnc(NCc3ccccc3OC)nc2C)cc1. The molecule has 1 aromatic heterocycles. The van der Waals surface area contributed by atoms with Gasteiger partial charge in [0.05, 0.1) is 25.5 Å². The first-order valence-corrected chi connectivity index (χ1v) is 8.75. The molecule has 1 heterocycles. The second-order valence-corrected chi connectivity index (χ2v) is 6.04. The number of nitrogens with zero attached hydrogens (tertiary/aromatic N) is 2. The Balaban J connectivity index is 1.66. The molecule has 0 aliphatic heterocycles. The first-order chi connectivity index (χ1) is 13.6. The van der Waals surface area contributed by atoms with E-state index < -0.39 is 0 Å². The molecule has 0 radical (unpaired) electrons. The number of aryl methyl sites for hydroxylation is 1. The Bertz CT molecular complexity index is 958. The largest absolute Gasteiger partial charge is 0.497 e. The van der Waals surface area contributed by atoms with E-state index in [-0.39, 0.29) is 5.91 Å². The summed E-state index contributed by atoms with van der Waals surface area (Å²) < 4.78 is 10.5. The maximum Gasteiger partial charge on any atom is 0.259 e. The van der Waals surface area contributed by atoms with Crippen LogP contribution in [0.1, 0.15) is 21.6 Å². The second kappa shape index (κ2) is 8.85. The molecule has 3 rings (SSSR count). The van der Waals surface area contributed by atoms with Crippen molar-refractivity contribution in [2.75, 3.05) is 24.9 Å². The highest BCUT2D eigenvalue weighted by Gasteiger charge is 2.12. The summed E-state index contributed by atoms with van der Waals surface area (Å²) in [5.41, 5.74) is 2.67. The van der Waals surface area contributed by atoms with Gasteiger partial charge in [0.25, 0.3) is 5.91 Å². The van der Waals surface area contributed by atoms with Crippen molar-refractivity contribution in [2.24, 2.45) is 0 Å². The number of carbonyl (C=O) groups is 1. The van der Waals surface area contributed by atoms with Gasteiger partial charge in [-0.25, -0.2) is 9.97 Å². The average Bonchev–Trinajstić information content (AvgIpc) is 2.73. The third kappa shape index (κ3) is 4.56. The Hall–Kier alpha value is -3.61. The van der Waals surface area contributed by atoms with Crippen LogP contribution >= 0.6 is 0 Å². The number of hydrogen-bond acceptors (Lipinski definition) is 6. The van der Waals surface area contributed by atoms with Crippen molar-refractivity contribution in [1.82, 2.24) is 9.97 Å². The van der Waals surface area contributed by atoms with Gasteiger partial charge in [0.1, 0.15) is 11.5 Å². The van der Waals surface area contributed by atoms with E-state index in [9.17, 15) is 4.79 Å². The van der Waals surface area contributed by atoms with Gasteiger partial charge in [-0.2, -0.15) is 0 Å². The zero-order valence-electron chi connectivity index (χ0n) is 16.0. The van der Waals surface area contributed by atoms with Gasteiger partial charge in [0.15, 0.2) is 0 Å². The molecule has 0 unspecified atom stereocenters. The minimum absolute atomic E-state index is 0.265. The lowest BCUT2D eigenvalue weighted by Gasteiger charge is -2.11. The van der Waals surface area contributed by atoms with Crippen LogP contribution in [0.5, 0.6) is 11.5 Å². The maximum atomic E-state index is 12.5. The normalized spacial score (nSPS) is 10.2. The van der Waals surface area contributed by atoms with Gasteiger partial charge in [0, 0.05) is 24.0 Å². The van der Waals surface area contributed by atoms with E-state index in [4.69, 9.17) is 9.47 Å². The van der Waals surface area contributed by atoms with Crippen molar-refractivity contribution in [2.45, 2.75) is 13.5 Å². The molecule has 0 saturated carbocycles. The fourth-order valence-electron chi connectivity index (χ4n) is 2.67. The van der Waals surface area contributed by atoms with E-state index >= 15 is 0 Å². The average molecular weight is 378 g/mol. The predicted octanol–water partition coefficient (Wildman–Crippen LogP) is 3.67. The summed E-state index contributed by atoms with van der Waals surface area (Å²) in [6, 6.07) is 14.8. The third-order valence-electron chi connectivity index (χ3n) is 4.20. The van der Waals surface area contributed by atoms with E-state index in [0.717, 1.165) is 17.1 Å². The number of para-hydroxylation sites is 1. The Labute approximate surface area is 163 Å². The van der Waals surface area contributed by atoms with Crippen molar-refractivity contribution in [1.29, 1.82) is 0 Å². The number of amides is 1. The lowest BCUT2D eigenvalue weighted by atomic mass is 10.2. The molecule has 1 amide bonds. The van der Waals surface area contributed by atoms with Crippen molar-refractivity contribution in [3.05, 3.63) is 71.5 Å². The van der Waals surface area contributed by atoms with E-state index in [2.05, 4.69) is 20.6 Å². The van der Waals surface area contributed by atoms with Crippen LogP contribution in [-0.4, -0.2) is 30.1 Å². The summed E-state index contributed by atoms with van der Waals surface area (Å²) in [5, 5.41) is 5.99. The van der Waals surface area contributed by atoms with Gasteiger partial charge in [-0.05, 0) is 37.3 Å². The minimum atomic E-state index is -0.265. The van der Waals surface area contributed by atoms with Gasteiger partial charge in [0.2, 0.25) is 5.95 Å². The summed E-state index contributed by atoms with van der Waals surface area (Å²) in [4.78, 5) is 21.2. The van der Waals surface area contributed by atoms with Gasteiger partial charge in [-0.3, -0.25) is 4.79 Å². The summed E-state index contributed by atoms with van der Waals surface area (Å²) in [7, 11) is 3.23. The minimum Gasteiger partial charge on any atom is -0.497 e. The number of carbonyl (C=O) groups excluding carboxylic acids is 1. The molecule has 0 atom stereocenters. The highest BCUT2D eigenvalue weighted by atomic mass is 16.5. The molecule has 0 aliphatic rings. The highest BCUT2D eigenvalue weighted by Crippen LogP contribution is 2.19. The van der Waals surface area contributed by atoms with Gasteiger partial charge in [-0.15, -0.1) is 0 Å². The zero-order valence-corrected chi connectivity index (χ0v) is 16.0. The molecule has 3 aromatic rings. The predicted molar refractivity (Wildman–Crippen MR) is 108 cm³/mol. The number of ether oxygens (including phenoxy) is 2. The van der Waals surface area contributed by atoms with Gasteiger partial charge >= 0.3 is 0 Å². The fourth-order valence-corrected chi connectivity index (χ4v) is 2.67. The summed E-state index contributed by atoms with van der Waals surface area (Å²) in [6.07, 6.45) is 1.52. The molecule has 2 N–H and O–H groups in total. The standard InChI is InChI=1S/C21H22N4O3/c1-14-18(20(26)25-16-8-10-17(27-2)11-9-16)13-23-21(24-14)22-12-15-6-4-5-7-19(15)28-3/h4-11,13H,12H2,1-3H3,(H,25,26)(H,22,23,24). The van der Waals surface area contributed by atoms with Crippen molar-refractivity contribution in [3.8, 4) is 11.5 Å². The van der Waals surface area contributed by atoms with Crippen LogP contribution in [0.3, 0.4) is 0 Å². The molecular weight excluding hydrogens is 356 g/mol. The van der Waals surface area contributed by atoms with Crippen LogP contribution in [-0.2, 0) is 6.54 Å². The van der Waals surface area contributed by atoms with Crippen molar-refractivity contribution >= 4 is 17.5 Å². The van der Waals surface area contributed by atoms with Crippen LogP contribution in [0.2, 0.25) is 0 Å². The van der Waals surface area contributed by atoms with E-state index in [1.165, 1.54) is 6.20 Å². The molecule has 28 heavy (non-hydrogen) atoms. The van der Waals surface area contributed by atoms with E-state index in [1.807, 2.05) is 24.3 Å². The number of anilines is 2. The molecule has 144 valence electrons. The topological polar surface area (TPSA) is 85.4 Å². The number of methoxy groups -OCH3 is 2. The lowest BCUT2D eigenvalue weighted by molar-refractivity contribution is 0.102. The highest BCUT2D eigenvalue weighted by molar-refractivity contribution is 6.04. The molecule has 2 aromatic carbocycles. The molecule has 7 nitrogen and oxygen atoms in total. The second-order valence-electron chi connectivity index (χ2n) is 6.04. The lowest BCUT2D eigenvalue weighted by Crippen LogP contribution is -2.15. The molecule has 7 heteroatoms. The Morgan fingerprint density at radius 3 is 2.46 bits per heavy atom. The van der Waals surface area contributed by atoms with Crippen LogP contribution in [0.25, 0.3) is 0 Å². The molecule has 0 bridgehead atoms. The number of benzene rings is 2. The molecule has 0 spiro atoms. The van der Waals surface area contributed by atoms with Crippen LogP contribution in [0.15, 0.2) is 54.7 Å². The van der Waals surface area contributed by atoms with Crippen molar-refractivity contribution in [3.63, 3.8) is 0 Å².